The fraction of sp³-hybridized carbons (Fsp3) is 0.625. The molecule has 3 atom stereocenters. The summed E-state index contributed by atoms with van der Waals surface area (Å²) in [5, 5.41) is 0. The summed E-state index contributed by atoms with van der Waals surface area (Å²) in [4.78, 5) is 0.411. The molecule has 0 heterocycles. The van der Waals surface area contributed by atoms with E-state index in [1.165, 1.54) is 6.42 Å². The van der Waals surface area contributed by atoms with Crippen molar-refractivity contribution in [2.45, 2.75) is 57.9 Å². The first kappa shape index (κ1) is 15.5. The van der Waals surface area contributed by atoms with E-state index in [2.05, 4.69) is 18.6 Å². The number of hydrogen-bond donors (Lipinski definition) is 1. The highest BCUT2D eigenvalue weighted by Gasteiger charge is 2.31. The normalized spacial score (nSPS) is 27.5. The first-order chi connectivity index (χ1) is 9.31. The highest BCUT2D eigenvalue weighted by atomic mass is 32.2. The monoisotopic (exact) mass is 295 g/mol. The maximum absolute atomic E-state index is 12.6. The molecule has 1 aliphatic carbocycles. The lowest BCUT2D eigenvalue weighted by Gasteiger charge is -2.34. The van der Waals surface area contributed by atoms with Gasteiger partial charge in [0.25, 0.3) is 0 Å². The molecule has 112 valence electrons. The van der Waals surface area contributed by atoms with E-state index in [0.717, 1.165) is 24.0 Å². The Balaban J connectivity index is 2.22. The average Bonchev–Trinajstić information content (AvgIpc) is 2.34. The second-order valence-electron chi connectivity index (χ2n) is 6.26. The maximum atomic E-state index is 12.6. The van der Waals surface area contributed by atoms with Crippen molar-refractivity contribution in [1.82, 2.24) is 4.72 Å². The molecule has 0 radical (unpaired) electrons. The topological polar surface area (TPSA) is 46.2 Å². The van der Waals surface area contributed by atoms with Crippen LogP contribution in [0.3, 0.4) is 0 Å². The third-order valence-electron chi connectivity index (χ3n) is 4.63. The zero-order valence-corrected chi connectivity index (χ0v) is 13.6. The Labute approximate surface area is 122 Å². The molecule has 2 rings (SSSR count). The summed E-state index contributed by atoms with van der Waals surface area (Å²) >= 11 is 0. The zero-order chi connectivity index (χ0) is 14.9. The molecule has 0 unspecified atom stereocenters. The Hall–Kier alpha value is -0.870. The van der Waals surface area contributed by atoms with Gasteiger partial charge < -0.3 is 0 Å². The van der Waals surface area contributed by atoms with Crippen LogP contribution < -0.4 is 4.72 Å². The first-order valence-electron chi connectivity index (χ1n) is 7.41. The molecule has 1 saturated carbocycles. The van der Waals surface area contributed by atoms with Crippen molar-refractivity contribution >= 4 is 10.0 Å². The van der Waals surface area contributed by atoms with Gasteiger partial charge in [-0.1, -0.05) is 44.4 Å². The van der Waals surface area contributed by atoms with E-state index < -0.39 is 10.0 Å². The minimum atomic E-state index is -3.41. The average molecular weight is 295 g/mol. The molecule has 0 spiro atoms. The van der Waals surface area contributed by atoms with Gasteiger partial charge in [-0.05, 0) is 43.7 Å². The highest BCUT2D eigenvalue weighted by Crippen LogP contribution is 2.30. The number of nitrogens with one attached hydrogen (secondary N) is 1. The summed E-state index contributed by atoms with van der Waals surface area (Å²) in [7, 11) is -3.41. The van der Waals surface area contributed by atoms with Gasteiger partial charge in [-0.2, -0.15) is 0 Å². The predicted octanol–water partition coefficient (Wildman–Crippen LogP) is 3.41. The summed E-state index contributed by atoms with van der Waals surface area (Å²) in [5.74, 6) is 0.972. The predicted molar refractivity (Wildman–Crippen MR) is 82.2 cm³/mol. The summed E-state index contributed by atoms with van der Waals surface area (Å²) in [6.45, 7) is 8.19. The lowest BCUT2D eigenvalue weighted by molar-refractivity contribution is 0.227. The molecule has 0 aromatic heterocycles. The van der Waals surface area contributed by atoms with Crippen molar-refractivity contribution in [1.29, 1.82) is 0 Å². The van der Waals surface area contributed by atoms with Crippen molar-refractivity contribution in [3.63, 3.8) is 0 Å². The number of benzene rings is 1. The lowest BCUT2D eigenvalue weighted by Crippen LogP contribution is -2.43. The zero-order valence-electron chi connectivity index (χ0n) is 12.8. The van der Waals surface area contributed by atoms with Crippen LogP contribution in [0.25, 0.3) is 0 Å². The Morgan fingerprint density at radius 3 is 2.50 bits per heavy atom. The number of sulfonamides is 1. The largest absolute Gasteiger partial charge is 0.241 e. The molecular formula is C16H25NO2S. The lowest BCUT2D eigenvalue weighted by atomic mass is 9.78. The molecule has 1 aromatic rings. The molecule has 1 fully saturated rings. The molecule has 4 heteroatoms. The summed E-state index contributed by atoms with van der Waals surface area (Å²) in [6.07, 6.45) is 3.24. The van der Waals surface area contributed by atoms with Gasteiger partial charge in [0.2, 0.25) is 10.0 Å². The van der Waals surface area contributed by atoms with Gasteiger partial charge in [0.05, 0.1) is 4.90 Å². The highest BCUT2D eigenvalue weighted by molar-refractivity contribution is 7.89. The molecule has 0 bridgehead atoms. The van der Waals surface area contributed by atoms with E-state index in [1.54, 1.807) is 6.07 Å². The van der Waals surface area contributed by atoms with Crippen molar-refractivity contribution in [2.24, 2.45) is 11.8 Å². The fourth-order valence-corrected chi connectivity index (χ4v) is 4.70. The Morgan fingerprint density at radius 1 is 1.15 bits per heavy atom. The number of rotatable bonds is 3. The third kappa shape index (κ3) is 3.23. The van der Waals surface area contributed by atoms with E-state index in [0.29, 0.717) is 16.7 Å². The SMILES string of the molecule is Cc1ccc(S(=O)(=O)N[C@@H]2CCC[C@H](C)[C@@H]2C)c(C)c1. The van der Waals surface area contributed by atoms with Crippen LogP contribution in [0.2, 0.25) is 0 Å². The van der Waals surface area contributed by atoms with Gasteiger partial charge in [-0.3, -0.25) is 0 Å². The summed E-state index contributed by atoms with van der Waals surface area (Å²) in [6, 6.07) is 5.55. The van der Waals surface area contributed by atoms with Gasteiger partial charge >= 0.3 is 0 Å². The van der Waals surface area contributed by atoms with E-state index in [4.69, 9.17) is 0 Å². The fourth-order valence-electron chi connectivity index (χ4n) is 3.11. The van der Waals surface area contributed by atoms with Crippen molar-refractivity contribution in [3.05, 3.63) is 29.3 Å². The third-order valence-corrected chi connectivity index (χ3v) is 6.28. The van der Waals surface area contributed by atoms with Crippen molar-refractivity contribution < 1.29 is 8.42 Å². The van der Waals surface area contributed by atoms with Crippen LogP contribution >= 0.6 is 0 Å². The van der Waals surface area contributed by atoms with Crippen LogP contribution in [0.15, 0.2) is 23.1 Å². The van der Waals surface area contributed by atoms with E-state index in [1.807, 2.05) is 26.0 Å². The van der Waals surface area contributed by atoms with Gasteiger partial charge in [0.15, 0.2) is 0 Å². The van der Waals surface area contributed by atoms with Crippen LogP contribution in [-0.4, -0.2) is 14.5 Å². The van der Waals surface area contributed by atoms with Crippen LogP contribution in [0.5, 0.6) is 0 Å². The van der Waals surface area contributed by atoms with E-state index in [-0.39, 0.29) is 6.04 Å². The van der Waals surface area contributed by atoms with E-state index >= 15 is 0 Å². The summed E-state index contributed by atoms with van der Waals surface area (Å²) in [5.41, 5.74) is 1.90. The van der Waals surface area contributed by atoms with Crippen molar-refractivity contribution in [2.75, 3.05) is 0 Å². The molecule has 0 amide bonds. The smallest absolute Gasteiger partial charge is 0.208 e. The molecule has 1 aliphatic rings. The van der Waals surface area contributed by atoms with E-state index in [9.17, 15) is 8.42 Å². The van der Waals surface area contributed by atoms with Crippen LogP contribution in [0.4, 0.5) is 0 Å². The maximum Gasteiger partial charge on any atom is 0.241 e. The second-order valence-corrected chi connectivity index (χ2v) is 7.95. The molecule has 0 aliphatic heterocycles. The summed E-state index contributed by atoms with van der Waals surface area (Å²) < 4.78 is 28.1. The minimum Gasteiger partial charge on any atom is -0.208 e. The Bertz CT molecular complexity index is 580. The van der Waals surface area contributed by atoms with Crippen molar-refractivity contribution in [3.8, 4) is 0 Å². The molecule has 1 aromatic carbocycles. The van der Waals surface area contributed by atoms with Gasteiger partial charge in [-0.25, -0.2) is 13.1 Å². The molecular weight excluding hydrogens is 270 g/mol. The molecule has 20 heavy (non-hydrogen) atoms. The second kappa shape index (κ2) is 5.86. The molecule has 0 saturated heterocycles. The van der Waals surface area contributed by atoms with Crippen LogP contribution in [0, 0.1) is 25.7 Å². The van der Waals surface area contributed by atoms with Gasteiger partial charge in [-0.15, -0.1) is 0 Å². The quantitative estimate of drug-likeness (QED) is 0.929. The van der Waals surface area contributed by atoms with Gasteiger partial charge in [0.1, 0.15) is 0 Å². The Morgan fingerprint density at radius 2 is 1.85 bits per heavy atom. The van der Waals surface area contributed by atoms with Gasteiger partial charge in [0, 0.05) is 6.04 Å². The Kier molecular flexibility index (Phi) is 4.55. The molecule has 1 N–H and O–H groups in total. The first-order valence-corrected chi connectivity index (χ1v) is 8.89. The number of aryl methyl sites for hydroxylation is 2. The number of hydrogen-bond acceptors (Lipinski definition) is 2. The van der Waals surface area contributed by atoms with Crippen LogP contribution in [0.1, 0.15) is 44.2 Å². The standard InChI is InChI=1S/C16H25NO2S/c1-11-8-9-16(13(3)10-11)20(18,19)17-15-7-5-6-12(2)14(15)4/h8-10,12,14-15,17H,5-7H2,1-4H3/t12-,14-,15+/m0/s1. The van der Waals surface area contributed by atoms with Crippen LogP contribution in [-0.2, 0) is 10.0 Å². The molecule has 3 nitrogen and oxygen atoms in total. The minimum absolute atomic E-state index is 0.0597.